The van der Waals surface area contributed by atoms with E-state index in [-0.39, 0.29) is 17.9 Å². The Morgan fingerprint density at radius 3 is 2.25 bits per heavy atom. The summed E-state index contributed by atoms with van der Waals surface area (Å²) in [4.78, 5) is 16.4. The third kappa shape index (κ3) is 3.18. The number of Topliss-reactive ketones (excluding diaryl/α,β-unsaturated/α-hetero) is 1. The first-order chi connectivity index (χ1) is 11.2. The van der Waals surface area contributed by atoms with Crippen LogP contribution in [0.25, 0.3) is 0 Å². The first kappa shape index (κ1) is 17.0. The fraction of sp³-hybridized carbons (Fsp3) is 0.533. The fourth-order valence-electron chi connectivity index (χ4n) is 2.54. The van der Waals surface area contributed by atoms with Crippen LogP contribution in [0.2, 0.25) is 0 Å². The lowest BCUT2D eigenvalue weighted by molar-refractivity contribution is -0.391. The third-order valence-electron chi connectivity index (χ3n) is 4.04. The molecule has 1 aromatic carbocycles. The van der Waals surface area contributed by atoms with Crippen LogP contribution in [0.15, 0.2) is 18.2 Å². The minimum atomic E-state index is -4.79. The number of nitrogens with zero attached hydrogens (tertiary/aromatic N) is 2. The second-order valence-corrected chi connectivity index (χ2v) is 5.90. The maximum atomic E-state index is 13.2. The van der Waals surface area contributed by atoms with Crippen LogP contribution in [0.4, 0.5) is 17.6 Å². The van der Waals surface area contributed by atoms with Crippen molar-refractivity contribution in [3.05, 3.63) is 23.8 Å². The van der Waals surface area contributed by atoms with Gasteiger partial charge in [0.25, 0.3) is 0 Å². The van der Waals surface area contributed by atoms with Gasteiger partial charge in [0.15, 0.2) is 17.3 Å². The van der Waals surface area contributed by atoms with E-state index in [2.05, 4.69) is 14.4 Å². The van der Waals surface area contributed by atoms with E-state index < -0.39 is 23.7 Å². The summed E-state index contributed by atoms with van der Waals surface area (Å²) in [7, 11) is 1.98. The van der Waals surface area contributed by atoms with E-state index in [9.17, 15) is 22.4 Å². The number of carbonyl (C=O) groups is 1. The van der Waals surface area contributed by atoms with Gasteiger partial charge in [-0.15, -0.1) is 0 Å². The summed E-state index contributed by atoms with van der Waals surface area (Å²) in [5.74, 6) is -1.40. The Morgan fingerprint density at radius 1 is 1.04 bits per heavy atom. The third-order valence-corrected chi connectivity index (χ3v) is 4.04. The van der Waals surface area contributed by atoms with Gasteiger partial charge in [0.05, 0.1) is 6.54 Å². The molecule has 0 N–H and O–H groups in total. The number of likely N-dealkylation sites (N-methyl/N-ethyl adjacent to an activating group) is 1. The van der Waals surface area contributed by atoms with Crippen molar-refractivity contribution in [3.63, 3.8) is 0 Å². The second kappa shape index (κ2) is 5.89. The van der Waals surface area contributed by atoms with Crippen LogP contribution in [0.3, 0.4) is 0 Å². The lowest BCUT2D eigenvalue weighted by Gasteiger charge is -2.32. The Bertz CT molecular complexity index is 646. The summed E-state index contributed by atoms with van der Waals surface area (Å²) >= 11 is 0. The molecule has 3 rings (SSSR count). The molecule has 9 heteroatoms. The zero-order valence-corrected chi connectivity index (χ0v) is 12.9. The van der Waals surface area contributed by atoms with Gasteiger partial charge in [0.2, 0.25) is 0 Å². The van der Waals surface area contributed by atoms with Crippen LogP contribution in [0.1, 0.15) is 10.4 Å². The van der Waals surface area contributed by atoms with E-state index in [0.717, 1.165) is 38.3 Å². The molecule has 0 spiro atoms. The first-order valence-corrected chi connectivity index (χ1v) is 7.40. The molecule has 1 saturated heterocycles. The van der Waals surface area contributed by atoms with Crippen molar-refractivity contribution < 1.29 is 31.8 Å². The standard InChI is InChI=1S/C15H16F4N2O3/c1-20-4-6-21(7-5-20)9-11(22)10-2-3-12-13(8-10)24-15(18,19)14(16,17)23-12/h2-3,8H,4-7,9H2,1H3. The SMILES string of the molecule is CN1CCN(CC(=O)c2ccc3c(c2)OC(F)(F)C(F)(F)O3)CC1. The number of piperazine rings is 1. The molecule has 2 aliphatic heterocycles. The minimum Gasteiger partial charge on any atom is -0.421 e. The lowest BCUT2D eigenvalue weighted by Crippen LogP contribution is -2.52. The molecule has 1 fully saturated rings. The number of ether oxygens (including phenoxy) is 2. The van der Waals surface area contributed by atoms with Gasteiger partial charge in [-0.3, -0.25) is 9.69 Å². The van der Waals surface area contributed by atoms with Crippen molar-refractivity contribution in [1.29, 1.82) is 0 Å². The predicted molar refractivity (Wildman–Crippen MR) is 75.9 cm³/mol. The molecule has 1 aromatic rings. The molecule has 0 bridgehead atoms. The Hall–Kier alpha value is -1.87. The highest BCUT2D eigenvalue weighted by atomic mass is 19.3. The number of carbonyl (C=O) groups excluding carboxylic acids is 1. The summed E-state index contributed by atoms with van der Waals surface area (Å²) in [5.41, 5.74) is 0.109. The van der Waals surface area contributed by atoms with Gasteiger partial charge in [-0.25, -0.2) is 0 Å². The number of halogens is 4. The number of hydrogen-bond donors (Lipinski definition) is 0. The van der Waals surface area contributed by atoms with Gasteiger partial charge in [-0.05, 0) is 25.2 Å². The van der Waals surface area contributed by atoms with Crippen LogP contribution in [0.5, 0.6) is 11.5 Å². The molecule has 132 valence electrons. The van der Waals surface area contributed by atoms with Gasteiger partial charge in [0, 0.05) is 31.7 Å². The molecule has 2 heterocycles. The first-order valence-electron chi connectivity index (χ1n) is 7.40. The van der Waals surface area contributed by atoms with E-state index >= 15 is 0 Å². The molecule has 24 heavy (non-hydrogen) atoms. The topological polar surface area (TPSA) is 42.0 Å². The van der Waals surface area contributed by atoms with Crippen molar-refractivity contribution in [1.82, 2.24) is 9.80 Å². The number of hydrogen-bond acceptors (Lipinski definition) is 5. The smallest absolute Gasteiger partial charge is 0.421 e. The van der Waals surface area contributed by atoms with Crippen molar-refractivity contribution in [2.24, 2.45) is 0 Å². The van der Waals surface area contributed by atoms with Crippen molar-refractivity contribution >= 4 is 5.78 Å². The fourth-order valence-corrected chi connectivity index (χ4v) is 2.54. The van der Waals surface area contributed by atoms with Gasteiger partial charge >= 0.3 is 12.2 Å². The minimum absolute atomic E-state index is 0.109. The molecule has 0 aliphatic carbocycles. The van der Waals surface area contributed by atoms with Crippen LogP contribution < -0.4 is 9.47 Å². The molecule has 0 saturated carbocycles. The summed E-state index contributed by atoms with van der Waals surface area (Å²) in [6.07, 6.45) is -9.55. The van der Waals surface area contributed by atoms with Crippen molar-refractivity contribution in [2.75, 3.05) is 39.8 Å². The average Bonchev–Trinajstić information content (AvgIpc) is 2.49. The Morgan fingerprint density at radius 2 is 1.62 bits per heavy atom. The van der Waals surface area contributed by atoms with Gasteiger partial charge in [-0.2, -0.15) is 17.6 Å². The number of fused-ring (bicyclic) bond motifs is 1. The number of rotatable bonds is 3. The van der Waals surface area contributed by atoms with Gasteiger partial charge < -0.3 is 14.4 Å². The number of benzene rings is 1. The molecule has 0 aromatic heterocycles. The lowest BCUT2D eigenvalue weighted by atomic mass is 10.1. The quantitative estimate of drug-likeness (QED) is 0.618. The van der Waals surface area contributed by atoms with E-state index in [4.69, 9.17) is 0 Å². The summed E-state index contributed by atoms with van der Waals surface area (Å²) in [5, 5.41) is 0. The van der Waals surface area contributed by atoms with Crippen molar-refractivity contribution in [2.45, 2.75) is 12.2 Å². The average molecular weight is 348 g/mol. The predicted octanol–water partition coefficient (Wildman–Crippen LogP) is 2.07. The molecule has 2 aliphatic rings. The second-order valence-electron chi connectivity index (χ2n) is 5.90. The van der Waals surface area contributed by atoms with E-state index in [1.807, 2.05) is 11.9 Å². The maximum Gasteiger partial charge on any atom is 0.507 e. The van der Waals surface area contributed by atoms with Crippen LogP contribution in [0, 0.1) is 0 Å². The highest BCUT2D eigenvalue weighted by Gasteiger charge is 2.65. The molecule has 0 unspecified atom stereocenters. The van der Waals surface area contributed by atoms with Gasteiger partial charge in [0.1, 0.15) is 0 Å². The van der Waals surface area contributed by atoms with Crippen LogP contribution in [-0.4, -0.2) is 67.6 Å². The normalized spacial score (nSPS) is 23.0. The van der Waals surface area contributed by atoms with E-state index in [0.29, 0.717) is 0 Å². The summed E-state index contributed by atoms with van der Waals surface area (Å²) in [6.45, 7) is 3.22. The molecule has 0 radical (unpaired) electrons. The molecule has 0 atom stereocenters. The number of alkyl halides is 4. The Labute approximate surface area is 135 Å². The summed E-state index contributed by atoms with van der Waals surface area (Å²) < 4.78 is 60.6. The Kier molecular flexibility index (Phi) is 4.16. The number of ketones is 1. The van der Waals surface area contributed by atoms with Crippen LogP contribution >= 0.6 is 0 Å². The summed E-state index contributed by atoms with van der Waals surface area (Å²) in [6, 6.07) is 3.31. The largest absolute Gasteiger partial charge is 0.507 e. The zero-order valence-electron chi connectivity index (χ0n) is 12.9. The monoisotopic (exact) mass is 348 g/mol. The molecular formula is C15H16F4N2O3. The zero-order chi connectivity index (χ0) is 17.5. The maximum absolute atomic E-state index is 13.2. The molecular weight excluding hydrogens is 332 g/mol. The molecule has 5 nitrogen and oxygen atoms in total. The highest BCUT2D eigenvalue weighted by Crippen LogP contribution is 2.47. The van der Waals surface area contributed by atoms with Crippen LogP contribution in [-0.2, 0) is 0 Å². The molecule has 0 amide bonds. The van der Waals surface area contributed by atoms with Crippen molar-refractivity contribution in [3.8, 4) is 11.5 Å². The van der Waals surface area contributed by atoms with E-state index in [1.54, 1.807) is 0 Å². The van der Waals surface area contributed by atoms with Gasteiger partial charge in [-0.1, -0.05) is 0 Å². The Balaban J connectivity index is 1.73. The highest BCUT2D eigenvalue weighted by molar-refractivity contribution is 5.98. The van der Waals surface area contributed by atoms with E-state index in [1.165, 1.54) is 6.07 Å².